The molecule has 0 aromatic heterocycles. The number of carbonyl (C=O) groups excluding carboxylic acids is 1. The van der Waals surface area contributed by atoms with Crippen LogP contribution >= 0.6 is 0 Å². The van der Waals surface area contributed by atoms with Crippen LogP contribution in [0.2, 0.25) is 0 Å². The van der Waals surface area contributed by atoms with Crippen LogP contribution < -0.4 is 0 Å². The van der Waals surface area contributed by atoms with Crippen LogP contribution in [-0.2, 0) is 4.79 Å². The lowest BCUT2D eigenvalue weighted by Crippen LogP contribution is -2.53. The van der Waals surface area contributed by atoms with Gasteiger partial charge in [0.05, 0.1) is 0 Å². The Hall–Kier alpha value is -0.630. The number of carbonyl (C=O) groups is 1. The second-order valence-corrected chi connectivity index (χ2v) is 9.83. The second-order valence-electron chi connectivity index (χ2n) is 9.83. The molecule has 0 unspecified atom stereocenters. The first-order valence-corrected chi connectivity index (χ1v) is 10.2. The van der Waals surface area contributed by atoms with Crippen molar-refractivity contribution in [1.29, 1.82) is 0 Å². The number of aliphatic hydroxyl groups excluding tert-OH is 1. The van der Waals surface area contributed by atoms with E-state index in [1.807, 2.05) is 0 Å². The highest BCUT2D eigenvalue weighted by molar-refractivity contribution is 5.79. The summed E-state index contributed by atoms with van der Waals surface area (Å²) in [5.74, 6) is 3.90. The summed E-state index contributed by atoms with van der Waals surface area (Å²) >= 11 is 0. The van der Waals surface area contributed by atoms with E-state index < -0.39 is 0 Å². The molecule has 0 aliphatic heterocycles. The van der Waals surface area contributed by atoms with Crippen LogP contribution in [0.4, 0.5) is 0 Å². The Labute approximate surface area is 147 Å². The van der Waals surface area contributed by atoms with Crippen LogP contribution in [0.5, 0.6) is 0 Å². The minimum absolute atomic E-state index is 0.282. The topological polar surface area (TPSA) is 37.3 Å². The first kappa shape index (κ1) is 16.8. The second kappa shape index (κ2) is 5.69. The van der Waals surface area contributed by atoms with Crippen LogP contribution in [0.25, 0.3) is 0 Å². The molecule has 4 aliphatic carbocycles. The van der Waals surface area contributed by atoms with Crippen molar-refractivity contribution < 1.29 is 9.90 Å². The molecule has 0 radical (unpaired) electrons. The van der Waals surface area contributed by atoms with E-state index in [-0.39, 0.29) is 6.61 Å². The Morgan fingerprint density at radius 3 is 2.75 bits per heavy atom. The van der Waals surface area contributed by atoms with Crippen molar-refractivity contribution in [2.75, 3.05) is 6.61 Å². The predicted octanol–water partition coefficient (Wildman–Crippen LogP) is 4.76. The molecule has 4 aliphatic rings. The van der Waals surface area contributed by atoms with Gasteiger partial charge < -0.3 is 5.11 Å². The Bertz CT molecular complexity index is 564. The summed E-state index contributed by atoms with van der Waals surface area (Å²) in [5, 5.41) is 9.68. The molecular weight excluding hydrogens is 296 g/mol. The number of allylic oxidation sites excluding steroid dienone is 1. The van der Waals surface area contributed by atoms with E-state index in [0.29, 0.717) is 28.4 Å². The molecule has 0 bridgehead atoms. The first-order chi connectivity index (χ1) is 11.4. The van der Waals surface area contributed by atoms with Gasteiger partial charge in [0.1, 0.15) is 5.78 Å². The van der Waals surface area contributed by atoms with Crippen LogP contribution in [-0.4, -0.2) is 17.5 Å². The van der Waals surface area contributed by atoms with Gasteiger partial charge in [-0.3, -0.25) is 4.79 Å². The van der Waals surface area contributed by atoms with Crippen molar-refractivity contribution in [3.63, 3.8) is 0 Å². The van der Waals surface area contributed by atoms with Gasteiger partial charge in [-0.15, -0.1) is 0 Å². The normalized spacial score (nSPS) is 49.0. The van der Waals surface area contributed by atoms with Crippen LogP contribution in [0.15, 0.2) is 11.6 Å². The average molecular weight is 331 g/mol. The number of fused-ring (bicyclic) bond motifs is 5. The zero-order chi connectivity index (χ0) is 17.1. The summed E-state index contributed by atoms with van der Waals surface area (Å²) in [6, 6.07) is 0. The maximum absolute atomic E-state index is 12.0. The van der Waals surface area contributed by atoms with E-state index in [9.17, 15) is 9.90 Å². The Kier molecular flexibility index (Phi) is 3.99. The van der Waals surface area contributed by atoms with E-state index in [1.54, 1.807) is 5.57 Å². The lowest BCUT2D eigenvalue weighted by molar-refractivity contribution is -0.137. The van der Waals surface area contributed by atoms with E-state index in [1.165, 1.54) is 32.1 Å². The van der Waals surface area contributed by atoms with Crippen LogP contribution in [0.1, 0.15) is 72.1 Å². The molecule has 3 fully saturated rings. The monoisotopic (exact) mass is 330 g/mol. The van der Waals surface area contributed by atoms with Gasteiger partial charge in [0.15, 0.2) is 0 Å². The summed E-state index contributed by atoms with van der Waals surface area (Å²) in [5.41, 5.74) is 2.26. The zero-order valence-corrected chi connectivity index (χ0v) is 15.7. The van der Waals surface area contributed by atoms with Crippen molar-refractivity contribution in [3.8, 4) is 0 Å². The third-order valence-electron chi connectivity index (χ3n) is 8.93. The highest BCUT2D eigenvalue weighted by atomic mass is 16.3. The van der Waals surface area contributed by atoms with Gasteiger partial charge in [0.25, 0.3) is 0 Å². The lowest BCUT2D eigenvalue weighted by atomic mass is 9.44. The van der Waals surface area contributed by atoms with Crippen LogP contribution in [0, 0.1) is 40.4 Å². The first-order valence-electron chi connectivity index (χ1n) is 10.2. The minimum atomic E-state index is 0.282. The smallest absolute Gasteiger partial charge is 0.133 e. The Morgan fingerprint density at radius 1 is 1.21 bits per heavy atom. The molecule has 0 amide bonds. The standard InChI is InChI=1S/C22H34O2/c1-14(13-23)18-6-7-19-17-5-4-15-12-16(24)8-10-21(15,2)20(17)9-11-22(18,19)3/h6,14-15,17,19-20,23H,4-5,7-13H2,1-3H3/t14-,15+,17+,19+,20+,21+,22-/m1/s1. The highest BCUT2D eigenvalue weighted by Crippen LogP contribution is 2.66. The number of Topliss-reactive ketones (excluding diaryl/α,β-unsaturated/α-hetero) is 1. The van der Waals surface area contributed by atoms with Gasteiger partial charge in [0, 0.05) is 25.4 Å². The van der Waals surface area contributed by atoms with Gasteiger partial charge >= 0.3 is 0 Å². The maximum Gasteiger partial charge on any atom is 0.133 e. The number of rotatable bonds is 2. The number of aliphatic hydroxyl groups is 1. The summed E-state index contributed by atoms with van der Waals surface area (Å²) in [4.78, 5) is 12.0. The maximum atomic E-state index is 12.0. The molecule has 7 atom stereocenters. The van der Waals surface area contributed by atoms with Gasteiger partial charge in [-0.25, -0.2) is 0 Å². The van der Waals surface area contributed by atoms with Crippen molar-refractivity contribution >= 4 is 5.78 Å². The largest absolute Gasteiger partial charge is 0.396 e. The van der Waals surface area contributed by atoms with Crippen molar-refractivity contribution in [1.82, 2.24) is 0 Å². The molecule has 0 saturated heterocycles. The van der Waals surface area contributed by atoms with Gasteiger partial charge in [-0.2, -0.15) is 0 Å². The van der Waals surface area contributed by atoms with Crippen molar-refractivity contribution in [2.24, 2.45) is 40.4 Å². The molecule has 0 aromatic carbocycles. The van der Waals surface area contributed by atoms with Gasteiger partial charge in [-0.1, -0.05) is 32.4 Å². The zero-order valence-electron chi connectivity index (χ0n) is 15.7. The molecule has 134 valence electrons. The Morgan fingerprint density at radius 2 is 2.00 bits per heavy atom. The molecule has 4 rings (SSSR count). The fraction of sp³-hybridized carbons (Fsp3) is 0.864. The fourth-order valence-electron chi connectivity index (χ4n) is 7.51. The molecular formula is C22H34O2. The molecule has 2 heteroatoms. The summed E-state index contributed by atoms with van der Waals surface area (Å²) in [6.45, 7) is 7.47. The Balaban J connectivity index is 1.60. The van der Waals surface area contributed by atoms with Crippen molar-refractivity contribution in [2.45, 2.75) is 72.1 Å². The van der Waals surface area contributed by atoms with Gasteiger partial charge in [-0.05, 0) is 73.0 Å². The summed E-state index contributed by atoms with van der Waals surface area (Å²) < 4.78 is 0. The summed E-state index contributed by atoms with van der Waals surface area (Å²) in [6.07, 6.45) is 11.7. The predicted molar refractivity (Wildman–Crippen MR) is 96.4 cm³/mol. The summed E-state index contributed by atoms with van der Waals surface area (Å²) in [7, 11) is 0. The average Bonchev–Trinajstić information content (AvgIpc) is 2.92. The van der Waals surface area contributed by atoms with Crippen molar-refractivity contribution in [3.05, 3.63) is 11.6 Å². The molecule has 3 saturated carbocycles. The lowest BCUT2D eigenvalue weighted by Gasteiger charge is -2.60. The fourth-order valence-corrected chi connectivity index (χ4v) is 7.51. The van der Waals surface area contributed by atoms with Crippen LogP contribution in [0.3, 0.4) is 0 Å². The third kappa shape index (κ3) is 2.21. The van der Waals surface area contributed by atoms with Gasteiger partial charge in [0.2, 0.25) is 0 Å². The molecule has 0 heterocycles. The number of hydrogen-bond acceptors (Lipinski definition) is 2. The number of ketones is 1. The SMILES string of the molecule is C[C@H](CO)C1=CC[C@H]2[C@@H]3CC[C@H]4CC(=O)CC[C@]4(C)[C@H]3CC[C@]12C. The highest BCUT2D eigenvalue weighted by Gasteiger charge is 2.58. The molecule has 1 N–H and O–H groups in total. The molecule has 2 nitrogen and oxygen atoms in total. The van der Waals surface area contributed by atoms with E-state index in [4.69, 9.17) is 0 Å². The third-order valence-corrected chi connectivity index (χ3v) is 8.93. The molecule has 0 aromatic rings. The van der Waals surface area contributed by atoms with E-state index >= 15 is 0 Å². The molecule has 24 heavy (non-hydrogen) atoms. The number of hydrogen-bond donors (Lipinski definition) is 1. The quantitative estimate of drug-likeness (QED) is 0.741. The minimum Gasteiger partial charge on any atom is -0.396 e. The molecule has 0 spiro atoms. The van der Waals surface area contributed by atoms with E-state index in [0.717, 1.165) is 37.0 Å². The van der Waals surface area contributed by atoms with E-state index in [2.05, 4.69) is 26.8 Å².